The van der Waals surface area contributed by atoms with Crippen molar-refractivity contribution in [3.05, 3.63) is 42.0 Å². The first-order chi connectivity index (χ1) is 7.09. The summed E-state index contributed by atoms with van der Waals surface area (Å²) in [5.41, 5.74) is 0. The Labute approximate surface area is 89.6 Å². The number of carbonyl (C=O) groups is 1. The van der Waals surface area contributed by atoms with Crippen LogP contribution < -0.4 is 0 Å². The Kier molecular flexibility index (Phi) is 4.30. The lowest BCUT2D eigenvalue weighted by Crippen LogP contribution is -1.87. The van der Waals surface area contributed by atoms with E-state index in [2.05, 4.69) is 0 Å². The first-order valence-corrected chi connectivity index (χ1v) is 5.05. The first kappa shape index (κ1) is 11.7. The van der Waals surface area contributed by atoms with Crippen molar-refractivity contribution in [3.8, 4) is 0 Å². The van der Waals surface area contributed by atoms with Crippen LogP contribution >= 0.6 is 11.8 Å². The fourth-order valence-corrected chi connectivity index (χ4v) is 1.61. The fraction of sp³-hybridized carbons (Fsp3) is 0.100. The van der Waals surface area contributed by atoms with E-state index >= 15 is 0 Å². The average Bonchev–Trinajstić information content (AvgIpc) is 2.14. The molecule has 0 atom stereocenters. The molecule has 0 amide bonds. The van der Waals surface area contributed by atoms with Crippen molar-refractivity contribution in [1.82, 2.24) is 0 Å². The van der Waals surface area contributed by atoms with Crippen LogP contribution in [0.2, 0.25) is 0 Å². The molecule has 0 saturated carbocycles. The van der Waals surface area contributed by atoms with Crippen molar-refractivity contribution in [1.29, 1.82) is 0 Å². The molecule has 0 spiro atoms. The van der Waals surface area contributed by atoms with E-state index in [0.29, 0.717) is 10.6 Å². The van der Waals surface area contributed by atoms with Crippen molar-refractivity contribution in [2.24, 2.45) is 0 Å². The minimum Gasteiger partial charge on any atom is -0.478 e. The van der Waals surface area contributed by atoms with Gasteiger partial charge in [0.05, 0.1) is 0 Å². The normalized spacial score (nSPS) is 10.8. The zero-order valence-corrected chi connectivity index (χ0v) is 8.43. The van der Waals surface area contributed by atoms with Gasteiger partial charge in [-0.25, -0.2) is 13.6 Å². The lowest BCUT2D eigenvalue weighted by atomic mass is 10.3. The fourth-order valence-electron chi connectivity index (χ4n) is 0.879. The number of rotatable bonds is 4. The van der Waals surface area contributed by atoms with Crippen LogP contribution in [0.4, 0.5) is 8.78 Å². The van der Waals surface area contributed by atoms with E-state index < -0.39 is 17.6 Å². The second kappa shape index (κ2) is 5.50. The molecule has 0 aliphatic rings. The molecular weight excluding hydrogens is 222 g/mol. The summed E-state index contributed by atoms with van der Waals surface area (Å²) in [5, 5.41) is 8.28. The Balaban J connectivity index is 2.54. The first-order valence-electron chi connectivity index (χ1n) is 4.07. The molecule has 5 heteroatoms. The van der Waals surface area contributed by atoms with Gasteiger partial charge in [0.1, 0.15) is 11.6 Å². The molecule has 0 bridgehead atoms. The molecule has 1 aromatic carbocycles. The molecule has 0 aliphatic heterocycles. The molecule has 1 N–H and O–H groups in total. The van der Waals surface area contributed by atoms with Gasteiger partial charge in [-0.05, 0) is 12.1 Å². The van der Waals surface area contributed by atoms with Crippen molar-refractivity contribution in [2.45, 2.75) is 4.90 Å². The van der Waals surface area contributed by atoms with Gasteiger partial charge in [0, 0.05) is 22.8 Å². The van der Waals surface area contributed by atoms with Crippen LogP contribution in [-0.2, 0) is 4.79 Å². The highest BCUT2D eigenvalue weighted by molar-refractivity contribution is 7.99. The smallest absolute Gasteiger partial charge is 0.328 e. The monoisotopic (exact) mass is 230 g/mol. The maximum absolute atomic E-state index is 13.0. The van der Waals surface area contributed by atoms with Crippen molar-refractivity contribution < 1.29 is 18.7 Å². The predicted octanol–water partition coefficient (Wildman–Crippen LogP) is 2.70. The van der Waals surface area contributed by atoms with Gasteiger partial charge in [-0.2, -0.15) is 0 Å². The van der Waals surface area contributed by atoms with Crippen LogP contribution in [0.3, 0.4) is 0 Å². The number of carboxylic acid groups (broad SMARTS) is 1. The molecule has 0 unspecified atom stereocenters. The largest absolute Gasteiger partial charge is 0.478 e. The van der Waals surface area contributed by atoms with E-state index in [0.717, 1.165) is 30.0 Å². The van der Waals surface area contributed by atoms with Crippen LogP contribution in [0.5, 0.6) is 0 Å². The van der Waals surface area contributed by atoms with Gasteiger partial charge in [-0.3, -0.25) is 0 Å². The number of hydrogen-bond acceptors (Lipinski definition) is 2. The molecule has 1 aromatic rings. The Bertz CT molecular complexity index is 391. The van der Waals surface area contributed by atoms with Gasteiger partial charge < -0.3 is 5.11 Å². The van der Waals surface area contributed by atoms with Crippen LogP contribution in [-0.4, -0.2) is 16.8 Å². The summed E-state index contributed by atoms with van der Waals surface area (Å²) >= 11 is 1.11. The summed E-state index contributed by atoms with van der Waals surface area (Å²) in [6.45, 7) is 0. The summed E-state index contributed by atoms with van der Waals surface area (Å²) in [6.07, 6.45) is 2.38. The second-order valence-electron chi connectivity index (χ2n) is 2.63. The lowest BCUT2D eigenvalue weighted by molar-refractivity contribution is -0.131. The van der Waals surface area contributed by atoms with Gasteiger partial charge in [0.2, 0.25) is 0 Å². The minimum atomic E-state index is -1.05. The topological polar surface area (TPSA) is 37.3 Å². The van der Waals surface area contributed by atoms with Crippen molar-refractivity contribution in [2.75, 3.05) is 5.75 Å². The van der Waals surface area contributed by atoms with Crippen LogP contribution in [0, 0.1) is 11.6 Å². The maximum Gasteiger partial charge on any atom is 0.328 e. The molecule has 0 radical (unpaired) electrons. The predicted molar refractivity (Wildman–Crippen MR) is 53.9 cm³/mol. The summed E-state index contributed by atoms with van der Waals surface area (Å²) in [6, 6.07) is 3.28. The van der Waals surface area contributed by atoms with Crippen LogP contribution in [0.25, 0.3) is 0 Å². The molecule has 0 aromatic heterocycles. The third kappa shape index (κ3) is 4.12. The third-order valence-corrected chi connectivity index (χ3v) is 2.49. The number of benzene rings is 1. The summed E-state index contributed by atoms with van der Waals surface area (Å²) < 4.78 is 25.5. The van der Waals surface area contributed by atoms with E-state index in [1.165, 1.54) is 12.1 Å². The van der Waals surface area contributed by atoms with E-state index in [9.17, 15) is 13.6 Å². The Morgan fingerprint density at radius 3 is 2.80 bits per heavy atom. The van der Waals surface area contributed by atoms with E-state index in [1.807, 2.05) is 0 Å². The molecule has 2 nitrogen and oxygen atoms in total. The van der Waals surface area contributed by atoms with E-state index in [-0.39, 0.29) is 0 Å². The molecule has 80 valence electrons. The van der Waals surface area contributed by atoms with Crippen LogP contribution in [0.1, 0.15) is 0 Å². The number of hydrogen-bond donors (Lipinski definition) is 1. The molecule has 0 heterocycles. The number of aliphatic carboxylic acids is 1. The van der Waals surface area contributed by atoms with E-state index in [4.69, 9.17) is 5.11 Å². The molecule has 0 aliphatic carbocycles. The molecular formula is C10H8F2O2S. The number of carboxylic acids is 1. The zero-order valence-electron chi connectivity index (χ0n) is 7.61. The third-order valence-electron chi connectivity index (χ3n) is 1.49. The molecule has 0 saturated heterocycles. The number of thioether (sulfide) groups is 1. The Hall–Kier alpha value is -1.36. The second-order valence-corrected chi connectivity index (χ2v) is 3.69. The highest BCUT2D eigenvalue weighted by Gasteiger charge is 2.02. The SMILES string of the molecule is O=C(O)/C=C/CSc1ccc(F)cc1F. The Morgan fingerprint density at radius 2 is 2.20 bits per heavy atom. The van der Waals surface area contributed by atoms with Gasteiger partial charge in [-0.1, -0.05) is 6.08 Å². The highest BCUT2D eigenvalue weighted by Crippen LogP contribution is 2.22. The lowest BCUT2D eigenvalue weighted by Gasteiger charge is -1.99. The quantitative estimate of drug-likeness (QED) is 0.638. The standard InChI is InChI=1S/C10H8F2O2S/c11-7-3-4-9(8(12)6-7)15-5-1-2-10(13)14/h1-4,6H,5H2,(H,13,14)/b2-1+. The molecule has 1 rings (SSSR count). The van der Waals surface area contributed by atoms with Gasteiger partial charge >= 0.3 is 5.97 Å². The van der Waals surface area contributed by atoms with E-state index in [1.54, 1.807) is 0 Å². The maximum atomic E-state index is 13.0. The highest BCUT2D eigenvalue weighted by atomic mass is 32.2. The van der Waals surface area contributed by atoms with Crippen molar-refractivity contribution in [3.63, 3.8) is 0 Å². The van der Waals surface area contributed by atoms with Crippen LogP contribution in [0.15, 0.2) is 35.2 Å². The summed E-state index contributed by atoms with van der Waals surface area (Å²) in [7, 11) is 0. The summed E-state index contributed by atoms with van der Waals surface area (Å²) in [4.78, 5) is 10.4. The van der Waals surface area contributed by atoms with Gasteiger partial charge in [0.25, 0.3) is 0 Å². The van der Waals surface area contributed by atoms with Crippen molar-refractivity contribution >= 4 is 17.7 Å². The molecule has 0 fully saturated rings. The number of halogens is 2. The minimum absolute atomic E-state index is 0.298. The van der Waals surface area contributed by atoms with Gasteiger partial charge in [-0.15, -0.1) is 11.8 Å². The Morgan fingerprint density at radius 1 is 1.47 bits per heavy atom. The van der Waals surface area contributed by atoms with Gasteiger partial charge in [0.15, 0.2) is 0 Å². The average molecular weight is 230 g/mol. The molecule has 15 heavy (non-hydrogen) atoms. The zero-order chi connectivity index (χ0) is 11.3. The summed E-state index contributed by atoms with van der Waals surface area (Å²) in [5.74, 6) is -1.98.